The smallest absolute Gasteiger partial charge is 0.254 e. The fourth-order valence-electron chi connectivity index (χ4n) is 5.22. The van der Waals surface area contributed by atoms with Crippen LogP contribution >= 0.6 is 0 Å². The fraction of sp³-hybridized carbons (Fsp3) is 0.269. The average molecular weight is 457 g/mol. The van der Waals surface area contributed by atoms with E-state index >= 15 is 0 Å². The molecule has 172 valence electrons. The predicted molar refractivity (Wildman–Crippen MR) is 123 cm³/mol. The van der Waals surface area contributed by atoms with Gasteiger partial charge in [-0.25, -0.2) is 0 Å². The Morgan fingerprint density at radius 3 is 2.85 bits per heavy atom. The molecule has 1 aromatic heterocycles. The number of nitrogens with zero attached hydrogens (tertiary/aromatic N) is 2. The molecular formula is C26H23N3O5. The lowest BCUT2D eigenvalue weighted by Crippen LogP contribution is -2.64. The number of fused-ring (bicyclic) bond motifs is 3. The maximum Gasteiger partial charge on any atom is 0.254 e. The third-order valence-electron chi connectivity index (χ3n) is 6.83. The summed E-state index contributed by atoms with van der Waals surface area (Å²) in [5, 5.41) is 3.40. The third-order valence-corrected chi connectivity index (χ3v) is 6.83. The van der Waals surface area contributed by atoms with Crippen LogP contribution in [0.4, 0.5) is 0 Å². The van der Waals surface area contributed by atoms with Gasteiger partial charge in [0.25, 0.3) is 5.91 Å². The number of methoxy groups -OCH3 is 1. The van der Waals surface area contributed by atoms with Crippen molar-refractivity contribution in [2.24, 2.45) is 0 Å². The van der Waals surface area contributed by atoms with Crippen molar-refractivity contribution in [3.8, 4) is 17.2 Å². The van der Waals surface area contributed by atoms with Crippen molar-refractivity contribution >= 4 is 11.7 Å². The third kappa shape index (κ3) is 3.21. The van der Waals surface area contributed by atoms with Crippen molar-refractivity contribution in [1.29, 1.82) is 0 Å². The number of nitrogens with one attached hydrogen (secondary N) is 1. The molecule has 2 aromatic carbocycles. The van der Waals surface area contributed by atoms with Gasteiger partial charge in [-0.3, -0.25) is 14.6 Å². The van der Waals surface area contributed by atoms with Gasteiger partial charge in [0.05, 0.1) is 19.2 Å². The van der Waals surface area contributed by atoms with Crippen molar-refractivity contribution in [3.63, 3.8) is 0 Å². The number of aromatic nitrogens is 1. The van der Waals surface area contributed by atoms with Crippen molar-refractivity contribution in [2.45, 2.75) is 18.0 Å². The number of carbonyl (C=O) groups is 2. The molecule has 8 heteroatoms. The summed E-state index contributed by atoms with van der Waals surface area (Å²) in [6.45, 7) is 0.888. The zero-order chi connectivity index (χ0) is 23.2. The van der Waals surface area contributed by atoms with Crippen molar-refractivity contribution < 1.29 is 23.8 Å². The van der Waals surface area contributed by atoms with Crippen LogP contribution in [0.1, 0.15) is 37.8 Å². The van der Waals surface area contributed by atoms with E-state index in [-0.39, 0.29) is 37.0 Å². The summed E-state index contributed by atoms with van der Waals surface area (Å²) in [7, 11) is 1.59. The minimum Gasteiger partial charge on any atom is -0.493 e. The van der Waals surface area contributed by atoms with Crippen molar-refractivity contribution in [2.75, 3.05) is 27.0 Å². The predicted octanol–water partition coefficient (Wildman–Crippen LogP) is 2.63. The highest BCUT2D eigenvalue weighted by molar-refractivity contribution is 6.02. The van der Waals surface area contributed by atoms with Crippen LogP contribution in [0.2, 0.25) is 0 Å². The molecule has 0 spiro atoms. The summed E-state index contributed by atoms with van der Waals surface area (Å²) in [4.78, 5) is 32.8. The topological polar surface area (TPSA) is 90.0 Å². The molecule has 0 aliphatic carbocycles. The molecule has 0 bridgehead atoms. The zero-order valence-electron chi connectivity index (χ0n) is 18.6. The van der Waals surface area contributed by atoms with Gasteiger partial charge in [0, 0.05) is 42.5 Å². The van der Waals surface area contributed by atoms with E-state index in [4.69, 9.17) is 14.2 Å². The summed E-state index contributed by atoms with van der Waals surface area (Å²) < 4.78 is 16.8. The number of piperazine rings is 1. The Kier molecular flexibility index (Phi) is 4.95. The number of carbonyl (C=O) groups excluding carboxylic acids is 2. The second-order valence-corrected chi connectivity index (χ2v) is 8.61. The van der Waals surface area contributed by atoms with Gasteiger partial charge < -0.3 is 24.4 Å². The van der Waals surface area contributed by atoms with E-state index in [0.29, 0.717) is 34.9 Å². The summed E-state index contributed by atoms with van der Waals surface area (Å²) in [5.41, 5.74) is 3.02. The fourth-order valence-corrected chi connectivity index (χ4v) is 5.22. The number of rotatable bonds is 4. The van der Waals surface area contributed by atoms with Crippen LogP contribution in [-0.4, -0.2) is 60.7 Å². The molecule has 0 radical (unpaired) electrons. The van der Waals surface area contributed by atoms with E-state index in [1.807, 2.05) is 35.2 Å². The summed E-state index contributed by atoms with van der Waals surface area (Å²) in [5.74, 6) is 1.50. The minimum absolute atomic E-state index is 0.0197. The van der Waals surface area contributed by atoms with Gasteiger partial charge in [0.1, 0.15) is 0 Å². The van der Waals surface area contributed by atoms with Gasteiger partial charge in [-0.1, -0.05) is 30.3 Å². The van der Waals surface area contributed by atoms with Crippen molar-refractivity contribution in [1.82, 2.24) is 15.2 Å². The Balaban J connectivity index is 1.40. The minimum atomic E-state index is -0.474. The van der Waals surface area contributed by atoms with E-state index < -0.39 is 6.04 Å². The van der Waals surface area contributed by atoms with Gasteiger partial charge in [-0.05, 0) is 29.3 Å². The first-order valence-corrected chi connectivity index (χ1v) is 11.2. The van der Waals surface area contributed by atoms with Crippen molar-refractivity contribution in [3.05, 3.63) is 83.2 Å². The first-order valence-electron chi connectivity index (χ1n) is 11.2. The van der Waals surface area contributed by atoms with Crippen LogP contribution < -0.4 is 19.5 Å². The van der Waals surface area contributed by atoms with Crippen LogP contribution in [0.15, 0.2) is 60.9 Å². The molecule has 3 aliphatic heterocycles. The molecule has 1 N–H and O–H groups in total. The number of ketones is 1. The molecule has 6 rings (SSSR count). The monoisotopic (exact) mass is 457 g/mol. The first kappa shape index (κ1) is 20.7. The molecule has 3 aliphatic rings. The number of pyridine rings is 1. The highest BCUT2D eigenvalue weighted by atomic mass is 16.7. The highest BCUT2D eigenvalue weighted by Crippen LogP contribution is 2.47. The van der Waals surface area contributed by atoms with E-state index in [0.717, 1.165) is 11.1 Å². The van der Waals surface area contributed by atoms with E-state index in [1.165, 1.54) is 0 Å². The normalized spacial score (nSPS) is 22.7. The average Bonchev–Trinajstić information content (AvgIpc) is 3.37. The lowest BCUT2D eigenvalue weighted by molar-refractivity contribution is 0.0505. The van der Waals surface area contributed by atoms with Gasteiger partial charge >= 0.3 is 0 Å². The Labute approximate surface area is 196 Å². The standard InChI is InChI=1S/C26H23N3O5/c1-32-21-9-16(10-22-25(21)34-14-33-22)23-18-11-27-8-7-17(18)26(31)29-13-19(28-12-20(23)29)24(30)15-5-3-2-4-6-15/h2-11,19-20,23,28H,12-14H2,1H3/t19-,20-,23+/m1/s1. The maximum atomic E-state index is 13.5. The van der Waals surface area contributed by atoms with Gasteiger partial charge in [-0.2, -0.15) is 0 Å². The molecule has 0 saturated carbocycles. The molecule has 3 aromatic rings. The molecule has 0 unspecified atom stereocenters. The molecule has 1 amide bonds. The van der Waals surface area contributed by atoms with Gasteiger partial charge in [0.2, 0.25) is 12.5 Å². The number of ether oxygens (including phenoxy) is 3. The molecule has 1 saturated heterocycles. The lowest BCUT2D eigenvalue weighted by atomic mass is 9.77. The Bertz CT molecular complexity index is 1280. The summed E-state index contributed by atoms with van der Waals surface area (Å²) >= 11 is 0. The first-order chi connectivity index (χ1) is 16.7. The number of amides is 1. The quantitative estimate of drug-likeness (QED) is 0.603. The molecule has 1 fully saturated rings. The summed E-state index contributed by atoms with van der Waals surface area (Å²) in [6, 6.07) is 14.1. The molecule has 8 nitrogen and oxygen atoms in total. The van der Waals surface area contributed by atoms with E-state index in [2.05, 4.69) is 10.3 Å². The van der Waals surface area contributed by atoms with Crippen LogP contribution in [0, 0.1) is 0 Å². The number of hydrogen-bond acceptors (Lipinski definition) is 7. The number of benzene rings is 2. The largest absolute Gasteiger partial charge is 0.493 e. The summed E-state index contributed by atoms with van der Waals surface area (Å²) in [6.07, 6.45) is 3.39. The van der Waals surface area contributed by atoms with Crippen LogP contribution in [0.25, 0.3) is 0 Å². The second kappa shape index (κ2) is 8.14. The Morgan fingerprint density at radius 1 is 1.18 bits per heavy atom. The Morgan fingerprint density at radius 2 is 2.03 bits per heavy atom. The highest BCUT2D eigenvalue weighted by Gasteiger charge is 2.45. The zero-order valence-corrected chi connectivity index (χ0v) is 18.6. The van der Waals surface area contributed by atoms with Gasteiger partial charge in [0.15, 0.2) is 17.3 Å². The van der Waals surface area contributed by atoms with Gasteiger partial charge in [-0.15, -0.1) is 0 Å². The molecule has 34 heavy (non-hydrogen) atoms. The van der Waals surface area contributed by atoms with E-state index in [1.54, 1.807) is 37.7 Å². The molecular weight excluding hydrogens is 434 g/mol. The molecule has 4 heterocycles. The Hall–Kier alpha value is -3.91. The van der Waals surface area contributed by atoms with Crippen LogP contribution in [0.5, 0.6) is 17.2 Å². The molecule has 3 atom stereocenters. The van der Waals surface area contributed by atoms with Crippen LogP contribution in [0.3, 0.4) is 0 Å². The SMILES string of the molecule is COc1cc([C@H]2c3cnccc3C(=O)N3C[C@H](C(=O)c4ccccc4)NC[C@H]23)cc2c1OCO2. The second-order valence-electron chi connectivity index (χ2n) is 8.61. The lowest BCUT2D eigenvalue weighted by Gasteiger charge is -2.47. The van der Waals surface area contributed by atoms with E-state index in [9.17, 15) is 9.59 Å². The maximum absolute atomic E-state index is 13.5. The number of hydrogen-bond donors (Lipinski definition) is 1. The number of Topliss-reactive ketones (excluding diaryl/α,β-unsaturated/α-hetero) is 1. The van der Waals surface area contributed by atoms with Crippen LogP contribution in [-0.2, 0) is 0 Å².